The standard InChI is InChI=1S/2C63H41N5/c1-6-20-42(21-7-1)43-34-36-44(37-35-43)45-38-40-49(41-39-45)62-64-61(48-26-12-4-13-27-48)65-63(66-62)68-54-33-19-17-31-52(54)58-56(47-24-10-3-11-25-47)55(46-22-8-2-9-23-46)57-51-30-16-18-32-53(51)67(59(57)60(58)68)50-28-14-5-15-29-50;1-6-16-42(17-7-1)45-26-28-46(29-27-45)47-30-32-49(33-31-47)62-64-61(48-22-12-4-13-23-48)65-63(66-62)68-58-39-35-51(44-20-10-3-11-21-44)41-56(58)54-37-36-53-55-40-50(43-18-8-2-9-19-43)34-38-57(55)67(59(53)60(54)68)52-24-14-5-15-25-52/h2*1-41H. The highest BCUT2D eigenvalue weighted by molar-refractivity contribution is 6.34. The molecule has 20 aromatic carbocycles. The molecular formula is C126H82N10. The molecule has 6 heterocycles. The fourth-order valence-corrected chi connectivity index (χ4v) is 20.0. The molecule has 0 bridgehead atoms. The molecule has 0 saturated carbocycles. The Morgan fingerprint density at radius 3 is 0.684 bits per heavy atom. The van der Waals surface area contributed by atoms with Crippen molar-refractivity contribution < 1.29 is 0 Å². The van der Waals surface area contributed by atoms with Crippen LogP contribution in [0.25, 0.3) is 245 Å². The molecule has 6 aromatic heterocycles. The summed E-state index contributed by atoms with van der Waals surface area (Å²) in [4.78, 5) is 32.2. The van der Waals surface area contributed by atoms with Crippen LogP contribution in [0.2, 0.25) is 0 Å². The molecule has 0 N–H and O–H groups in total. The van der Waals surface area contributed by atoms with Crippen LogP contribution in [0.3, 0.4) is 0 Å². The predicted molar refractivity (Wildman–Crippen MR) is 562 cm³/mol. The minimum absolute atomic E-state index is 0.540. The Labute approximate surface area is 785 Å². The van der Waals surface area contributed by atoms with Gasteiger partial charge in [-0.15, -0.1) is 0 Å². The second-order valence-electron chi connectivity index (χ2n) is 34.4. The van der Waals surface area contributed by atoms with Crippen molar-refractivity contribution in [2.24, 2.45) is 0 Å². The van der Waals surface area contributed by atoms with E-state index in [9.17, 15) is 0 Å². The first-order valence-corrected chi connectivity index (χ1v) is 46.1. The van der Waals surface area contributed by atoms with E-state index in [0.717, 1.165) is 166 Å². The highest BCUT2D eigenvalue weighted by atomic mass is 15.2. The lowest BCUT2D eigenvalue weighted by Gasteiger charge is -2.18. The average molecular weight is 1740 g/mol. The number of hydrogen-bond donors (Lipinski definition) is 0. The zero-order valence-corrected chi connectivity index (χ0v) is 73.8. The van der Waals surface area contributed by atoms with E-state index in [1.165, 1.54) is 44.3 Å². The molecule has 26 rings (SSSR count). The summed E-state index contributed by atoms with van der Waals surface area (Å²) in [6, 6.07) is 176. The van der Waals surface area contributed by atoms with Crippen LogP contribution in [0.15, 0.2) is 497 Å². The molecule has 10 heteroatoms. The third-order valence-electron chi connectivity index (χ3n) is 26.4. The minimum Gasteiger partial charge on any atom is -0.307 e. The summed E-state index contributed by atoms with van der Waals surface area (Å²) in [7, 11) is 0. The molecule has 0 amide bonds. The van der Waals surface area contributed by atoms with E-state index in [1.54, 1.807) is 0 Å². The fourth-order valence-electron chi connectivity index (χ4n) is 20.0. The maximum atomic E-state index is 5.50. The zero-order valence-electron chi connectivity index (χ0n) is 73.8. The summed E-state index contributed by atoms with van der Waals surface area (Å²) >= 11 is 0. The first-order valence-electron chi connectivity index (χ1n) is 46.1. The predicted octanol–water partition coefficient (Wildman–Crippen LogP) is 32.1. The molecule has 10 nitrogen and oxygen atoms in total. The molecule has 636 valence electrons. The van der Waals surface area contributed by atoms with Crippen molar-refractivity contribution in [2.75, 3.05) is 0 Å². The number of para-hydroxylation sites is 4. The van der Waals surface area contributed by atoms with Gasteiger partial charge in [-0.25, -0.2) is 9.97 Å². The largest absolute Gasteiger partial charge is 0.307 e. The molecule has 0 radical (unpaired) electrons. The highest BCUT2D eigenvalue weighted by Crippen LogP contribution is 2.53. The van der Waals surface area contributed by atoms with Crippen LogP contribution in [0, 0.1) is 0 Å². The number of benzene rings is 20. The summed E-state index contributed by atoms with van der Waals surface area (Å²) in [5, 5.41) is 9.10. The van der Waals surface area contributed by atoms with E-state index < -0.39 is 0 Å². The van der Waals surface area contributed by atoms with Gasteiger partial charge in [-0.3, -0.25) is 9.13 Å². The van der Waals surface area contributed by atoms with Crippen molar-refractivity contribution >= 4 is 87.2 Å². The Bertz CT molecular complexity index is 8970. The maximum Gasteiger partial charge on any atom is 0.238 e. The lowest BCUT2D eigenvalue weighted by Crippen LogP contribution is -2.07. The topological polar surface area (TPSA) is 97.1 Å². The molecule has 0 saturated heterocycles. The summed E-state index contributed by atoms with van der Waals surface area (Å²) in [6.45, 7) is 0. The number of rotatable bonds is 16. The van der Waals surface area contributed by atoms with Gasteiger partial charge in [0.1, 0.15) is 0 Å². The van der Waals surface area contributed by atoms with Crippen molar-refractivity contribution in [3.05, 3.63) is 497 Å². The highest BCUT2D eigenvalue weighted by Gasteiger charge is 2.32. The molecule has 136 heavy (non-hydrogen) atoms. The normalized spacial score (nSPS) is 11.5. The molecule has 0 fully saturated rings. The Morgan fingerprint density at radius 2 is 0.346 bits per heavy atom. The van der Waals surface area contributed by atoms with E-state index in [-0.39, 0.29) is 0 Å². The van der Waals surface area contributed by atoms with Crippen LogP contribution in [0.5, 0.6) is 0 Å². The van der Waals surface area contributed by atoms with Crippen LogP contribution in [-0.2, 0) is 0 Å². The van der Waals surface area contributed by atoms with Crippen LogP contribution in [-0.4, -0.2) is 48.2 Å². The summed E-state index contributed by atoms with van der Waals surface area (Å²) < 4.78 is 9.43. The van der Waals surface area contributed by atoms with E-state index in [2.05, 4.69) is 473 Å². The Kier molecular flexibility index (Phi) is 20.0. The molecule has 26 aromatic rings. The third kappa shape index (κ3) is 14.2. The summed E-state index contributed by atoms with van der Waals surface area (Å²) in [5.41, 5.74) is 32.8. The molecule has 0 aliphatic rings. The summed E-state index contributed by atoms with van der Waals surface area (Å²) in [6.07, 6.45) is 0. The van der Waals surface area contributed by atoms with Crippen molar-refractivity contribution in [3.8, 4) is 158 Å². The Hall–Kier alpha value is -18.4. The van der Waals surface area contributed by atoms with Crippen molar-refractivity contribution in [3.63, 3.8) is 0 Å². The van der Waals surface area contributed by atoms with Crippen molar-refractivity contribution in [1.29, 1.82) is 0 Å². The SMILES string of the molecule is c1ccc(-c2ccc(-c3ccc(-c4nc(-c5ccccc5)nc(-n5c6ccc(-c7ccccc7)cc6c6ccc7c8cc(-c9ccccc9)ccc8n(-c8ccccc8)c7c65)n4)cc3)cc2)cc1.c1ccc(-c2ccc(-c3ccc(-c4nc(-c5ccccc5)nc(-n5c6ccccc6c6c(-c7ccccc7)c(-c7ccccc7)c7c8ccccc8n(-c8ccccc8)c7c65)n4)cc3)cc2)cc1. The van der Waals surface area contributed by atoms with Gasteiger partial charge in [-0.2, -0.15) is 19.9 Å². The van der Waals surface area contributed by atoms with Gasteiger partial charge >= 0.3 is 0 Å². The van der Waals surface area contributed by atoms with Crippen molar-refractivity contribution in [2.45, 2.75) is 0 Å². The van der Waals surface area contributed by atoms with Crippen LogP contribution < -0.4 is 0 Å². The van der Waals surface area contributed by atoms with Crippen LogP contribution in [0.4, 0.5) is 0 Å². The first kappa shape index (κ1) is 79.8. The molecule has 0 atom stereocenters. The molecule has 0 aliphatic heterocycles. The first-order chi connectivity index (χ1) is 67.5. The van der Waals surface area contributed by atoms with Crippen LogP contribution in [0.1, 0.15) is 0 Å². The fraction of sp³-hybridized carbons (Fsp3) is 0. The van der Waals surface area contributed by atoms with Gasteiger partial charge in [-0.1, -0.05) is 437 Å². The second-order valence-corrected chi connectivity index (χ2v) is 34.4. The van der Waals surface area contributed by atoms with E-state index in [4.69, 9.17) is 29.9 Å². The quantitative estimate of drug-likeness (QED) is 0.0956. The van der Waals surface area contributed by atoms with Gasteiger partial charge in [-0.05, 0) is 139 Å². The van der Waals surface area contributed by atoms with Gasteiger partial charge in [0.25, 0.3) is 0 Å². The lowest BCUT2D eigenvalue weighted by molar-refractivity contribution is 0.953. The molecule has 0 spiro atoms. The second kappa shape index (κ2) is 34.2. The van der Waals surface area contributed by atoms with E-state index in [1.807, 2.05) is 42.5 Å². The van der Waals surface area contributed by atoms with Gasteiger partial charge in [0.15, 0.2) is 23.3 Å². The zero-order chi connectivity index (χ0) is 89.9. The van der Waals surface area contributed by atoms with Crippen LogP contribution >= 0.6 is 0 Å². The monoisotopic (exact) mass is 1730 g/mol. The maximum absolute atomic E-state index is 5.50. The molecule has 0 aliphatic carbocycles. The number of fused-ring (bicyclic) bond motifs is 14. The molecular weight excluding hydrogens is 1650 g/mol. The Morgan fingerprint density at radius 1 is 0.132 bits per heavy atom. The van der Waals surface area contributed by atoms with Gasteiger partial charge in [0.2, 0.25) is 11.9 Å². The Balaban J connectivity index is 0.000000145. The molecule has 0 unspecified atom stereocenters. The van der Waals surface area contributed by atoms with E-state index >= 15 is 0 Å². The minimum atomic E-state index is 0.540. The van der Waals surface area contributed by atoms with Gasteiger partial charge in [0.05, 0.1) is 44.1 Å². The van der Waals surface area contributed by atoms with Crippen molar-refractivity contribution in [1.82, 2.24) is 48.2 Å². The summed E-state index contributed by atoms with van der Waals surface area (Å²) in [5.74, 6) is 3.47. The third-order valence-corrected chi connectivity index (χ3v) is 26.4. The number of nitrogens with zero attached hydrogens (tertiary/aromatic N) is 10. The van der Waals surface area contributed by atoms with E-state index in [0.29, 0.717) is 35.2 Å². The number of hydrogen-bond acceptors (Lipinski definition) is 6. The lowest BCUT2D eigenvalue weighted by atomic mass is 9.87. The average Bonchev–Trinajstić information content (AvgIpc) is 1.51. The smallest absolute Gasteiger partial charge is 0.238 e. The van der Waals surface area contributed by atoms with Gasteiger partial charge < -0.3 is 9.13 Å². The van der Waals surface area contributed by atoms with Gasteiger partial charge in [0, 0.05) is 87.8 Å². The number of aromatic nitrogens is 10.